The quantitative estimate of drug-likeness (QED) is 0.733. The maximum Gasteiger partial charge on any atom is 0.240 e. The van der Waals surface area contributed by atoms with Crippen molar-refractivity contribution in [2.75, 3.05) is 6.54 Å². The van der Waals surface area contributed by atoms with E-state index in [9.17, 15) is 12.8 Å². The van der Waals surface area contributed by atoms with Crippen LogP contribution in [0.3, 0.4) is 0 Å². The summed E-state index contributed by atoms with van der Waals surface area (Å²) in [6, 6.07) is 16.2. The molecular formula is C19H19FN2O2S. The Bertz CT molecular complexity index is 919. The van der Waals surface area contributed by atoms with Gasteiger partial charge in [0.25, 0.3) is 0 Å². The van der Waals surface area contributed by atoms with Gasteiger partial charge < -0.3 is 4.57 Å². The van der Waals surface area contributed by atoms with E-state index >= 15 is 0 Å². The van der Waals surface area contributed by atoms with E-state index in [1.807, 2.05) is 36.0 Å². The first kappa shape index (κ1) is 17.4. The molecule has 0 spiro atoms. The number of nitrogens with zero attached hydrogens (tertiary/aromatic N) is 1. The number of rotatable bonds is 6. The van der Waals surface area contributed by atoms with Crippen LogP contribution in [-0.2, 0) is 10.0 Å². The maximum atomic E-state index is 13.2. The molecule has 3 aromatic rings. The van der Waals surface area contributed by atoms with Crippen molar-refractivity contribution in [1.82, 2.24) is 9.29 Å². The molecule has 0 amide bonds. The smallest absolute Gasteiger partial charge is 0.240 e. The van der Waals surface area contributed by atoms with Gasteiger partial charge in [-0.15, -0.1) is 0 Å². The third-order valence-corrected chi connectivity index (χ3v) is 5.48. The summed E-state index contributed by atoms with van der Waals surface area (Å²) in [5.41, 5.74) is 1.82. The van der Waals surface area contributed by atoms with Crippen molar-refractivity contribution in [2.45, 2.75) is 17.9 Å². The Labute approximate surface area is 147 Å². The van der Waals surface area contributed by atoms with Crippen molar-refractivity contribution in [2.24, 2.45) is 0 Å². The number of nitrogens with one attached hydrogen (secondary N) is 1. The fraction of sp³-hybridized carbons (Fsp3) is 0.158. The normalized spacial score (nSPS) is 12.9. The van der Waals surface area contributed by atoms with E-state index in [4.69, 9.17) is 0 Å². The molecule has 1 atom stereocenters. The molecule has 25 heavy (non-hydrogen) atoms. The average Bonchev–Trinajstić information content (AvgIpc) is 3.11. The number of aromatic nitrogens is 1. The molecule has 1 N–H and O–H groups in total. The molecule has 2 aromatic carbocycles. The Morgan fingerprint density at radius 2 is 1.60 bits per heavy atom. The molecule has 1 aromatic heterocycles. The number of sulfonamides is 1. The minimum Gasteiger partial charge on any atom is -0.346 e. The van der Waals surface area contributed by atoms with Gasteiger partial charge in [0.2, 0.25) is 10.0 Å². The molecule has 4 nitrogen and oxygen atoms in total. The van der Waals surface area contributed by atoms with Crippen LogP contribution in [0.5, 0.6) is 0 Å². The van der Waals surface area contributed by atoms with Gasteiger partial charge in [0, 0.05) is 18.9 Å². The number of hydrogen-bond acceptors (Lipinski definition) is 2. The topological polar surface area (TPSA) is 51.1 Å². The molecule has 0 fully saturated rings. The summed E-state index contributed by atoms with van der Waals surface area (Å²) in [6.07, 6.45) is 3.71. The highest BCUT2D eigenvalue weighted by Crippen LogP contribution is 2.20. The fourth-order valence-corrected chi connectivity index (χ4v) is 3.66. The van der Waals surface area contributed by atoms with E-state index in [0.29, 0.717) is 0 Å². The van der Waals surface area contributed by atoms with Crippen LogP contribution in [0, 0.1) is 12.7 Å². The van der Waals surface area contributed by atoms with Gasteiger partial charge in [-0.3, -0.25) is 0 Å². The van der Waals surface area contributed by atoms with Gasteiger partial charge in [0.1, 0.15) is 5.82 Å². The second-order valence-electron chi connectivity index (χ2n) is 5.86. The lowest BCUT2D eigenvalue weighted by Crippen LogP contribution is -2.31. The van der Waals surface area contributed by atoms with Crippen LogP contribution in [-0.4, -0.2) is 19.5 Å². The van der Waals surface area contributed by atoms with Gasteiger partial charge in [0.05, 0.1) is 10.9 Å². The van der Waals surface area contributed by atoms with Crippen molar-refractivity contribution in [3.63, 3.8) is 0 Å². The number of halogens is 1. The largest absolute Gasteiger partial charge is 0.346 e. The van der Waals surface area contributed by atoms with Gasteiger partial charge in [-0.05, 0) is 48.9 Å². The number of hydrogen-bond donors (Lipinski definition) is 1. The summed E-state index contributed by atoms with van der Waals surface area (Å²) >= 11 is 0. The first-order valence-electron chi connectivity index (χ1n) is 7.90. The van der Waals surface area contributed by atoms with E-state index < -0.39 is 10.0 Å². The summed E-state index contributed by atoms with van der Waals surface area (Å²) in [5.74, 6) is -0.324. The zero-order valence-corrected chi connectivity index (χ0v) is 14.6. The van der Waals surface area contributed by atoms with Crippen LogP contribution in [0.4, 0.5) is 4.39 Å². The molecular weight excluding hydrogens is 339 g/mol. The van der Waals surface area contributed by atoms with E-state index in [0.717, 1.165) is 11.1 Å². The van der Waals surface area contributed by atoms with Gasteiger partial charge in [-0.2, -0.15) is 0 Å². The first-order chi connectivity index (χ1) is 12.0. The summed E-state index contributed by atoms with van der Waals surface area (Å²) in [6.45, 7) is 2.07. The molecule has 1 unspecified atom stereocenters. The molecule has 0 radical (unpaired) electrons. The van der Waals surface area contributed by atoms with Crippen LogP contribution >= 0.6 is 0 Å². The molecule has 6 heteroatoms. The molecule has 0 aliphatic heterocycles. The summed E-state index contributed by atoms with van der Waals surface area (Å²) in [4.78, 5) is 0.225. The summed E-state index contributed by atoms with van der Waals surface area (Å²) in [7, 11) is -3.62. The van der Waals surface area contributed by atoms with E-state index in [-0.39, 0.29) is 23.3 Å². The lowest BCUT2D eigenvalue weighted by Gasteiger charge is -2.20. The van der Waals surface area contributed by atoms with E-state index in [2.05, 4.69) is 4.72 Å². The minimum atomic E-state index is -3.62. The standard InChI is InChI=1S/C19H19FN2O2S/c1-15-4-10-18(11-5-15)25(23,24)21-14-19(22-12-2-3-13-22)16-6-8-17(20)9-7-16/h2-13,19,21H,14H2,1H3. The highest BCUT2D eigenvalue weighted by Gasteiger charge is 2.19. The van der Waals surface area contributed by atoms with E-state index in [1.54, 1.807) is 36.4 Å². The Kier molecular flexibility index (Phi) is 5.01. The Morgan fingerprint density at radius 1 is 1.00 bits per heavy atom. The van der Waals surface area contributed by atoms with E-state index in [1.165, 1.54) is 12.1 Å². The minimum absolute atomic E-state index is 0.163. The second kappa shape index (κ2) is 7.21. The third-order valence-electron chi connectivity index (χ3n) is 4.04. The van der Waals surface area contributed by atoms with Gasteiger partial charge in [0.15, 0.2) is 0 Å². The lowest BCUT2D eigenvalue weighted by atomic mass is 10.1. The molecule has 1 heterocycles. The van der Waals surface area contributed by atoms with Crippen molar-refractivity contribution < 1.29 is 12.8 Å². The number of benzene rings is 2. The molecule has 130 valence electrons. The van der Waals surface area contributed by atoms with Crippen LogP contribution in [0.25, 0.3) is 0 Å². The Hall–Kier alpha value is -2.44. The highest BCUT2D eigenvalue weighted by molar-refractivity contribution is 7.89. The van der Waals surface area contributed by atoms with Crippen molar-refractivity contribution in [1.29, 1.82) is 0 Å². The van der Waals surface area contributed by atoms with Gasteiger partial charge >= 0.3 is 0 Å². The maximum absolute atomic E-state index is 13.2. The molecule has 0 saturated heterocycles. The summed E-state index contributed by atoms with van der Waals surface area (Å²) < 4.78 is 42.8. The zero-order valence-electron chi connectivity index (χ0n) is 13.8. The van der Waals surface area contributed by atoms with Crippen LogP contribution < -0.4 is 4.72 Å². The first-order valence-corrected chi connectivity index (χ1v) is 9.38. The van der Waals surface area contributed by atoms with Crippen LogP contribution in [0.15, 0.2) is 78.0 Å². The Balaban J connectivity index is 1.83. The SMILES string of the molecule is Cc1ccc(S(=O)(=O)NCC(c2ccc(F)cc2)n2cccc2)cc1. The zero-order chi connectivity index (χ0) is 17.9. The van der Waals surface area contributed by atoms with Crippen LogP contribution in [0.2, 0.25) is 0 Å². The molecule has 0 aliphatic rings. The summed E-state index contributed by atoms with van der Waals surface area (Å²) in [5, 5.41) is 0. The van der Waals surface area contributed by atoms with Crippen molar-refractivity contribution >= 4 is 10.0 Å². The second-order valence-corrected chi connectivity index (χ2v) is 7.63. The van der Waals surface area contributed by atoms with Crippen molar-refractivity contribution in [3.8, 4) is 0 Å². The Morgan fingerprint density at radius 3 is 2.20 bits per heavy atom. The van der Waals surface area contributed by atoms with Gasteiger partial charge in [-0.1, -0.05) is 29.8 Å². The third kappa shape index (κ3) is 4.15. The average molecular weight is 358 g/mol. The molecule has 0 saturated carbocycles. The van der Waals surface area contributed by atoms with Crippen molar-refractivity contribution in [3.05, 3.63) is 90.0 Å². The molecule has 3 rings (SSSR count). The monoisotopic (exact) mass is 358 g/mol. The molecule has 0 aliphatic carbocycles. The fourth-order valence-electron chi connectivity index (χ4n) is 2.63. The number of aryl methyl sites for hydroxylation is 1. The predicted molar refractivity (Wildman–Crippen MR) is 95.3 cm³/mol. The lowest BCUT2D eigenvalue weighted by molar-refractivity contribution is 0.542. The van der Waals surface area contributed by atoms with Crippen LogP contribution in [0.1, 0.15) is 17.2 Å². The highest BCUT2D eigenvalue weighted by atomic mass is 32.2. The molecule has 0 bridgehead atoms. The van der Waals surface area contributed by atoms with Gasteiger partial charge in [-0.25, -0.2) is 17.5 Å². The predicted octanol–water partition coefficient (Wildman–Crippen LogP) is 3.50.